The van der Waals surface area contributed by atoms with E-state index in [1.54, 1.807) is 0 Å². The molecule has 0 aliphatic carbocycles. The Labute approximate surface area is 103 Å². The highest BCUT2D eigenvalue weighted by Crippen LogP contribution is 2.21. The molecule has 0 saturated carbocycles. The van der Waals surface area contributed by atoms with Crippen LogP contribution in [-0.2, 0) is 13.0 Å². The van der Waals surface area contributed by atoms with Crippen molar-refractivity contribution in [2.75, 3.05) is 26.2 Å². The van der Waals surface area contributed by atoms with Crippen LogP contribution >= 0.6 is 0 Å². The van der Waals surface area contributed by atoms with Crippen LogP contribution < -0.4 is 15.4 Å². The van der Waals surface area contributed by atoms with E-state index >= 15 is 0 Å². The van der Waals surface area contributed by atoms with Gasteiger partial charge in [0.15, 0.2) is 0 Å². The summed E-state index contributed by atoms with van der Waals surface area (Å²) in [6.07, 6.45) is 2.37. The van der Waals surface area contributed by atoms with Crippen LogP contribution in [-0.4, -0.2) is 26.2 Å². The van der Waals surface area contributed by atoms with Crippen LogP contribution in [0, 0.1) is 5.92 Å². The number of hydrogen-bond acceptors (Lipinski definition) is 3. The Morgan fingerprint density at radius 2 is 2.18 bits per heavy atom. The molecular weight excluding hydrogens is 212 g/mol. The second kappa shape index (κ2) is 5.07. The summed E-state index contributed by atoms with van der Waals surface area (Å²) in [5.41, 5.74) is 2.87. The van der Waals surface area contributed by atoms with Crippen molar-refractivity contribution in [3.8, 4) is 5.75 Å². The molecule has 0 amide bonds. The van der Waals surface area contributed by atoms with Gasteiger partial charge in [-0.3, -0.25) is 0 Å². The summed E-state index contributed by atoms with van der Waals surface area (Å²) < 4.78 is 5.90. The van der Waals surface area contributed by atoms with Crippen LogP contribution in [0.15, 0.2) is 18.2 Å². The molecule has 2 heterocycles. The van der Waals surface area contributed by atoms with Gasteiger partial charge in [0.25, 0.3) is 0 Å². The molecule has 17 heavy (non-hydrogen) atoms. The fraction of sp³-hybridized carbons (Fsp3) is 0.571. The lowest BCUT2D eigenvalue weighted by molar-refractivity contribution is 0.259. The van der Waals surface area contributed by atoms with E-state index in [0.717, 1.165) is 45.0 Å². The monoisotopic (exact) mass is 232 g/mol. The summed E-state index contributed by atoms with van der Waals surface area (Å²) in [6.45, 7) is 5.19. The normalized spacial score (nSPS) is 23.4. The van der Waals surface area contributed by atoms with Crippen molar-refractivity contribution in [1.82, 2.24) is 10.6 Å². The first-order chi connectivity index (χ1) is 8.42. The molecule has 1 fully saturated rings. The molecule has 2 aliphatic heterocycles. The third-order valence-electron chi connectivity index (χ3n) is 3.71. The van der Waals surface area contributed by atoms with Gasteiger partial charge in [0, 0.05) is 19.0 Å². The maximum absolute atomic E-state index is 5.90. The summed E-state index contributed by atoms with van der Waals surface area (Å²) in [7, 11) is 0. The zero-order valence-corrected chi connectivity index (χ0v) is 10.2. The smallest absolute Gasteiger partial charge is 0.119 e. The first-order valence-electron chi connectivity index (χ1n) is 6.58. The molecule has 1 atom stereocenters. The second-order valence-electron chi connectivity index (χ2n) is 5.03. The third kappa shape index (κ3) is 2.61. The van der Waals surface area contributed by atoms with Crippen LogP contribution in [0.3, 0.4) is 0 Å². The highest BCUT2D eigenvalue weighted by atomic mass is 16.5. The Bertz CT molecular complexity index is 386. The molecule has 1 saturated heterocycles. The molecule has 0 bridgehead atoms. The van der Waals surface area contributed by atoms with Crippen molar-refractivity contribution in [2.45, 2.75) is 19.4 Å². The highest BCUT2D eigenvalue weighted by molar-refractivity contribution is 5.37. The van der Waals surface area contributed by atoms with Gasteiger partial charge in [0.1, 0.15) is 5.75 Å². The zero-order chi connectivity index (χ0) is 11.5. The quantitative estimate of drug-likeness (QED) is 0.824. The Morgan fingerprint density at radius 3 is 3.06 bits per heavy atom. The number of fused-ring (bicyclic) bond motifs is 1. The van der Waals surface area contributed by atoms with E-state index in [9.17, 15) is 0 Å². The van der Waals surface area contributed by atoms with Gasteiger partial charge >= 0.3 is 0 Å². The van der Waals surface area contributed by atoms with Crippen LogP contribution in [0.25, 0.3) is 0 Å². The van der Waals surface area contributed by atoms with E-state index in [2.05, 4.69) is 28.8 Å². The standard InChI is InChI=1S/C14H20N2O/c1-2-14(17-10-11-3-5-15-8-11)7-12-4-6-16-9-13(1)12/h1-2,7,11,15-16H,3-6,8-10H2. The molecule has 2 N–H and O–H groups in total. The lowest BCUT2D eigenvalue weighted by atomic mass is 10.0. The molecule has 1 aromatic carbocycles. The average Bonchev–Trinajstić information content (AvgIpc) is 2.89. The minimum Gasteiger partial charge on any atom is -0.493 e. The number of hydrogen-bond donors (Lipinski definition) is 2. The number of nitrogens with one attached hydrogen (secondary N) is 2. The van der Waals surface area contributed by atoms with Crippen molar-refractivity contribution >= 4 is 0 Å². The molecule has 2 aliphatic rings. The SMILES string of the molecule is c1cc2c(cc1OCC1CCNC1)CCNC2. The van der Waals surface area contributed by atoms with Crippen LogP contribution in [0.2, 0.25) is 0 Å². The maximum Gasteiger partial charge on any atom is 0.119 e. The van der Waals surface area contributed by atoms with Gasteiger partial charge in [-0.25, -0.2) is 0 Å². The fourth-order valence-electron chi connectivity index (χ4n) is 2.61. The maximum atomic E-state index is 5.90. The highest BCUT2D eigenvalue weighted by Gasteiger charge is 2.15. The molecule has 3 heteroatoms. The third-order valence-corrected chi connectivity index (χ3v) is 3.71. The van der Waals surface area contributed by atoms with Crippen molar-refractivity contribution in [2.24, 2.45) is 5.92 Å². The Morgan fingerprint density at radius 1 is 1.18 bits per heavy atom. The Balaban J connectivity index is 1.62. The minimum absolute atomic E-state index is 0.688. The number of ether oxygens (including phenoxy) is 1. The van der Waals surface area contributed by atoms with Crippen LogP contribution in [0.4, 0.5) is 0 Å². The lowest BCUT2D eigenvalue weighted by Crippen LogP contribution is -2.23. The van der Waals surface area contributed by atoms with E-state index in [0.29, 0.717) is 5.92 Å². The van der Waals surface area contributed by atoms with Crippen molar-refractivity contribution in [1.29, 1.82) is 0 Å². The van der Waals surface area contributed by atoms with Crippen molar-refractivity contribution < 1.29 is 4.74 Å². The molecule has 92 valence electrons. The molecule has 0 aromatic heterocycles. The minimum atomic E-state index is 0.688. The summed E-state index contributed by atoms with van der Waals surface area (Å²) in [4.78, 5) is 0. The molecule has 0 radical (unpaired) electrons. The first-order valence-corrected chi connectivity index (χ1v) is 6.58. The molecule has 1 aromatic rings. The molecular formula is C14H20N2O. The van der Waals surface area contributed by atoms with E-state index in [1.165, 1.54) is 17.5 Å². The molecule has 1 unspecified atom stereocenters. The van der Waals surface area contributed by atoms with E-state index in [1.807, 2.05) is 0 Å². The first kappa shape index (κ1) is 11.1. The summed E-state index contributed by atoms with van der Waals surface area (Å²) in [5, 5.41) is 6.76. The summed E-state index contributed by atoms with van der Waals surface area (Å²) in [5.74, 6) is 1.73. The van der Waals surface area contributed by atoms with E-state index in [-0.39, 0.29) is 0 Å². The lowest BCUT2D eigenvalue weighted by Gasteiger charge is -2.18. The number of rotatable bonds is 3. The van der Waals surface area contributed by atoms with E-state index < -0.39 is 0 Å². The molecule has 3 nitrogen and oxygen atoms in total. The summed E-state index contributed by atoms with van der Waals surface area (Å²) in [6, 6.07) is 6.52. The number of benzene rings is 1. The largest absolute Gasteiger partial charge is 0.493 e. The van der Waals surface area contributed by atoms with E-state index in [4.69, 9.17) is 4.74 Å². The second-order valence-corrected chi connectivity index (χ2v) is 5.03. The Hall–Kier alpha value is -1.06. The molecule has 0 spiro atoms. The van der Waals surface area contributed by atoms with Crippen LogP contribution in [0.5, 0.6) is 5.75 Å². The summed E-state index contributed by atoms with van der Waals surface area (Å²) >= 11 is 0. The van der Waals surface area contributed by atoms with Crippen molar-refractivity contribution in [3.05, 3.63) is 29.3 Å². The van der Waals surface area contributed by atoms with Gasteiger partial charge in [-0.15, -0.1) is 0 Å². The van der Waals surface area contributed by atoms with Gasteiger partial charge in [-0.05, 0) is 49.2 Å². The van der Waals surface area contributed by atoms with Gasteiger partial charge < -0.3 is 15.4 Å². The van der Waals surface area contributed by atoms with Crippen LogP contribution in [0.1, 0.15) is 17.5 Å². The Kier molecular flexibility index (Phi) is 3.29. The van der Waals surface area contributed by atoms with Gasteiger partial charge in [-0.2, -0.15) is 0 Å². The fourth-order valence-corrected chi connectivity index (χ4v) is 2.61. The van der Waals surface area contributed by atoms with Gasteiger partial charge in [0.05, 0.1) is 6.61 Å². The van der Waals surface area contributed by atoms with Crippen molar-refractivity contribution in [3.63, 3.8) is 0 Å². The predicted octanol–water partition coefficient (Wildman–Crippen LogP) is 1.32. The average molecular weight is 232 g/mol. The molecule has 3 rings (SSSR count). The van der Waals surface area contributed by atoms with Gasteiger partial charge in [-0.1, -0.05) is 6.07 Å². The van der Waals surface area contributed by atoms with Gasteiger partial charge in [0.2, 0.25) is 0 Å². The zero-order valence-electron chi connectivity index (χ0n) is 10.2. The topological polar surface area (TPSA) is 33.3 Å². The predicted molar refractivity (Wildman–Crippen MR) is 68.3 cm³/mol.